The molecule has 20 heavy (non-hydrogen) atoms. The topological polar surface area (TPSA) is 71.3 Å². The highest BCUT2D eigenvalue weighted by atomic mass is 79.9. The van der Waals surface area contributed by atoms with Crippen LogP contribution in [0.5, 0.6) is 0 Å². The Morgan fingerprint density at radius 2 is 2.10 bits per heavy atom. The Labute approximate surface area is 128 Å². The SMILES string of the molecule is CC(C)NCc1cc(S(=O)(=O)NC2(C)CCC2)c(Br)o1. The van der Waals surface area contributed by atoms with E-state index in [0.29, 0.717) is 18.3 Å². The molecule has 7 heteroatoms. The molecule has 114 valence electrons. The zero-order valence-corrected chi connectivity index (χ0v) is 14.4. The van der Waals surface area contributed by atoms with Crippen molar-refractivity contribution in [3.8, 4) is 0 Å². The lowest BCUT2D eigenvalue weighted by molar-refractivity contribution is 0.248. The quantitative estimate of drug-likeness (QED) is 0.813. The Bertz CT molecular complexity index is 576. The van der Waals surface area contributed by atoms with E-state index in [2.05, 4.69) is 26.0 Å². The fourth-order valence-corrected chi connectivity index (χ4v) is 4.63. The minimum absolute atomic E-state index is 0.172. The predicted molar refractivity (Wildman–Crippen MR) is 81.0 cm³/mol. The largest absolute Gasteiger partial charge is 0.452 e. The molecule has 1 aliphatic carbocycles. The number of hydrogen-bond acceptors (Lipinski definition) is 4. The molecule has 1 heterocycles. The van der Waals surface area contributed by atoms with E-state index in [4.69, 9.17) is 4.42 Å². The molecule has 2 N–H and O–H groups in total. The number of rotatable bonds is 6. The summed E-state index contributed by atoms with van der Waals surface area (Å²) in [5.41, 5.74) is -0.314. The molecule has 0 radical (unpaired) electrons. The molecular formula is C13H21BrN2O3S. The maximum atomic E-state index is 12.4. The van der Waals surface area contributed by atoms with Crippen LogP contribution < -0.4 is 10.0 Å². The van der Waals surface area contributed by atoms with Gasteiger partial charge in [-0.3, -0.25) is 0 Å². The Kier molecular flexibility index (Phi) is 4.63. The van der Waals surface area contributed by atoms with Crippen LogP contribution in [-0.4, -0.2) is 20.0 Å². The summed E-state index contributed by atoms with van der Waals surface area (Å²) >= 11 is 3.19. The van der Waals surface area contributed by atoms with E-state index in [1.807, 2.05) is 20.8 Å². The van der Waals surface area contributed by atoms with Crippen LogP contribution in [0, 0.1) is 0 Å². The van der Waals surface area contributed by atoms with E-state index in [1.54, 1.807) is 6.07 Å². The summed E-state index contributed by atoms with van der Waals surface area (Å²) in [6.07, 6.45) is 2.82. The lowest BCUT2D eigenvalue weighted by Crippen LogP contribution is -2.50. The molecule has 1 saturated carbocycles. The van der Waals surface area contributed by atoms with Gasteiger partial charge in [-0.2, -0.15) is 0 Å². The molecule has 0 bridgehead atoms. The molecule has 0 aliphatic heterocycles. The van der Waals surface area contributed by atoms with Crippen LogP contribution in [0.25, 0.3) is 0 Å². The highest BCUT2D eigenvalue weighted by molar-refractivity contribution is 9.10. The monoisotopic (exact) mass is 364 g/mol. The smallest absolute Gasteiger partial charge is 0.245 e. The Morgan fingerprint density at radius 3 is 2.60 bits per heavy atom. The molecule has 0 spiro atoms. The van der Waals surface area contributed by atoms with Gasteiger partial charge in [-0.15, -0.1) is 0 Å². The first-order valence-electron chi connectivity index (χ1n) is 6.77. The van der Waals surface area contributed by atoms with Gasteiger partial charge in [0.2, 0.25) is 10.0 Å². The highest BCUT2D eigenvalue weighted by Gasteiger charge is 2.37. The third-order valence-electron chi connectivity index (χ3n) is 3.52. The summed E-state index contributed by atoms with van der Waals surface area (Å²) < 4.78 is 33.3. The molecule has 1 aromatic heterocycles. The molecule has 5 nitrogen and oxygen atoms in total. The van der Waals surface area contributed by atoms with Gasteiger partial charge in [0, 0.05) is 17.6 Å². The van der Waals surface area contributed by atoms with E-state index in [1.165, 1.54) is 0 Å². The lowest BCUT2D eigenvalue weighted by atomic mass is 9.80. The van der Waals surface area contributed by atoms with Gasteiger partial charge in [-0.05, 0) is 42.1 Å². The van der Waals surface area contributed by atoms with Gasteiger partial charge in [0.1, 0.15) is 10.7 Å². The Morgan fingerprint density at radius 1 is 1.45 bits per heavy atom. The van der Waals surface area contributed by atoms with Crippen molar-refractivity contribution in [1.29, 1.82) is 0 Å². The number of hydrogen-bond donors (Lipinski definition) is 2. The van der Waals surface area contributed by atoms with E-state index >= 15 is 0 Å². The van der Waals surface area contributed by atoms with E-state index in [-0.39, 0.29) is 15.1 Å². The molecule has 1 fully saturated rings. The van der Waals surface area contributed by atoms with Crippen LogP contribution in [0.1, 0.15) is 45.8 Å². The maximum absolute atomic E-state index is 12.4. The van der Waals surface area contributed by atoms with E-state index < -0.39 is 10.0 Å². The average Bonchev–Trinajstić information content (AvgIpc) is 2.66. The summed E-state index contributed by atoms with van der Waals surface area (Å²) in [5, 5.41) is 3.19. The molecule has 0 amide bonds. The third-order valence-corrected chi connectivity index (χ3v) is 6.01. The maximum Gasteiger partial charge on any atom is 0.245 e. The van der Waals surface area contributed by atoms with Crippen LogP contribution in [0.15, 0.2) is 20.0 Å². The number of furan rings is 1. The average molecular weight is 365 g/mol. The summed E-state index contributed by atoms with van der Waals surface area (Å²) in [5.74, 6) is 0.602. The predicted octanol–water partition coefficient (Wildman–Crippen LogP) is 2.76. The summed E-state index contributed by atoms with van der Waals surface area (Å²) in [6.45, 7) is 6.48. The second-order valence-corrected chi connectivity index (χ2v) is 8.28. The molecule has 0 unspecified atom stereocenters. The second kappa shape index (κ2) is 5.79. The Balaban J connectivity index is 2.15. The van der Waals surface area contributed by atoms with Gasteiger partial charge in [-0.25, -0.2) is 13.1 Å². The number of halogens is 1. The number of nitrogens with one attached hydrogen (secondary N) is 2. The van der Waals surface area contributed by atoms with E-state index in [9.17, 15) is 8.42 Å². The first-order valence-corrected chi connectivity index (χ1v) is 9.05. The summed E-state index contributed by atoms with van der Waals surface area (Å²) in [6, 6.07) is 1.88. The standard InChI is InChI=1S/C13H21BrN2O3S/c1-9(2)15-8-10-7-11(12(14)19-10)20(17,18)16-13(3)5-4-6-13/h7,9,15-16H,4-6,8H2,1-3H3. The zero-order valence-electron chi connectivity index (χ0n) is 12.0. The van der Waals surface area contributed by atoms with Crippen molar-refractivity contribution in [2.24, 2.45) is 0 Å². The minimum atomic E-state index is -3.55. The van der Waals surface area contributed by atoms with Crippen molar-refractivity contribution in [3.63, 3.8) is 0 Å². The van der Waals surface area contributed by atoms with Gasteiger partial charge in [-0.1, -0.05) is 13.8 Å². The van der Waals surface area contributed by atoms with Crippen LogP contribution in [0.2, 0.25) is 0 Å². The highest BCUT2D eigenvalue weighted by Crippen LogP contribution is 2.34. The van der Waals surface area contributed by atoms with Crippen molar-refractivity contribution in [1.82, 2.24) is 10.0 Å². The van der Waals surface area contributed by atoms with Crippen molar-refractivity contribution in [2.45, 2.75) is 63.1 Å². The molecule has 1 aliphatic rings. The van der Waals surface area contributed by atoms with Gasteiger partial charge in [0.05, 0.1) is 6.54 Å². The molecule has 0 aromatic carbocycles. The summed E-state index contributed by atoms with van der Waals surface area (Å²) in [4.78, 5) is 0.172. The van der Waals surface area contributed by atoms with Gasteiger partial charge in [0.25, 0.3) is 0 Å². The first kappa shape index (κ1) is 16.0. The molecule has 0 saturated heterocycles. The fourth-order valence-electron chi connectivity index (χ4n) is 2.16. The lowest BCUT2D eigenvalue weighted by Gasteiger charge is -2.38. The second-order valence-electron chi connectivity index (χ2n) is 5.91. The molecule has 1 aromatic rings. The fraction of sp³-hybridized carbons (Fsp3) is 0.692. The molecule has 0 atom stereocenters. The summed E-state index contributed by atoms with van der Waals surface area (Å²) in [7, 11) is -3.55. The van der Waals surface area contributed by atoms with Crippen LogP contribution in [0.3, 0.4) is 0 Å². The number of sulfonamides is 1. The van der Waals surface area contributed by atoms with Gasteiger partial charge >= 0.3 is 0 Å². The van der Waals surface area contributed by atoms with Crippen molar-refractivity contribution < 1.29 is 12.8 Å². The third kappa shape index (κ3) is 3.63. The van der Waals surface area contributed by atoms with Crippen molar-refractivity contribution >= 4 is 26.0 Å². The van der Waals surface area contributed by atoms with Crippen molar-refractivity contribution in [3.05, 3.63) is 16.5 Å². The molecule has 2 rings (SSSR count). The molecular weight excluding hydrogens is 344 g/mol. The normalized spacial score (nSPS) is 18.2. The minimum Gasteiger partial charge on any atom is -0.452 e. The Hall–Kier alpha value is -0.370. The van der Waals surface area contributed by atoms with E-state index in [0.717, 1.165) is 19.3 Å². The van der Waals surface area contributed by atoms with Crippen LogP contribution >= 0.6 is 15.9 Å². The van der Waals surface area contributed by atoms with Crippen LogP contribution in [-0.2, 0) is 16.6 Å². The zero-order chi connectivity index (χ0) is 15.0. The van der Waals surface area contributed by atoms with Gasteiger partial charge in [0.15, 0.2) is 4.67 Å². The first-order chi connectivity index (χ1) is 9.22. The van der Waals surface area contributed by atoms with Crippen LogP contribution in [0.4, 0.5) is 0 Å². The van der Waals surface area contributed by atoms with Gasteiger partial charge < -0.3 is 9.73 Å². The van der Waals surface area contributed by atoms with Crippen molar-refractivity contribution in [2.75, 3.05) is 0 Å².